The number of hydrogen-bond acceptors (Lipinski definition) is 8. The normalized spacial score (nSPS) is 20.9. The molecule has 35 heavy (non-hydrogen) atoms. The lowest BCUT2D eigenvalue weighted by molar-refractivity contribution is -0.125. The molecule has 4 heterocycles. The summed E-state index contributed by atoms with van der Waals surface area (Å²) in [6, 6.07) is 9.35. The number of Topliss-reactive ketones (excluding diaryl/α,β-unsaturated/α-hetero) is 1. The zero-order valence-corrected chi connectivity index (χ0v) is 19.8. The summed E-state index contributed by atoms with van der Waals surface area (Å²) in [5.41, 5.74) is 16.2. The molecule has 3 aromatic rings. The molecule has 0 unspecified atom stereocenters. The van der Waals surface area contributed by atoms with Gasteiger partial charge in [0.15, 0.2) is 5.78 Å². The summed E-state index contributed by atoms with van der Waals surface area (Å²) in [4.78, 5) is 38.4. The van der Waals surface area contributed by atoms with Gasteiger partial charge in [-0.25, -0.2) is 4.98 Å². The van der Waals surface area contributed by atoms with Crippen LogP contribution in [0.5, 0.6) is 0 Å². The molecule has 4 N–H and O–H groups in total. The second kappa shape index (κ2) is 9.59. The van der Waals surface area contributed by atoms with Crippen LogP contribution < -0.4 is 21.3 Å². The molecule has 0 bridgehead atoms. The van der Waals surface area contributed by atoms with Crippen molar-refractivity contribution in [2.75, 3.05) is 48.4 Å². The molecule has 9 nitrogen and oxygen atoms in total. The Bertz CT molecular complexity index is 1270. The topological polar surface area (TPSA) is 128 Å². The van der Waals surface area contributed by atoms with Crippen molar-refractivity contribution in [3.8, 4) is 0 Å². The minimum Gasteiger partial charge on any atom is -0.397 e. The zero-order valence-electron chi connectivity index (χ0n) is 19.8. The Balaban J connectivity index is 1.43. The van der Waals surface area contributed by atoms with Gasteiger partial charge in [-0.1, -0.05) is 13.0 Å². The molecular formula is C26H30N6O3. The van der Waals surface area contributed by atoms with E-state index in [1.165, 1.54) is 0 Å². The first kappa shape index (κ1) is 23.2. The number of fused-ring (bicyclic) bond motifs is 1. The van der Waals surface area contributed by atoms with Crippen LogP contribution in [0, 0.1) is 5.92 Å². The van der Waals surface area contributed by atoms with Crippen molar-refractivity contribution in [3.05, 3.63) is 54.0 Å². The Morgan fingerprint density at radius 2 is 2.09 bits per heavy atom. The van der Waals surface area contributed by atoms with Gasteiger partial charge in [0.2, 0.25) is 0 Å². The van der Waals surface area contributed by atoms with E-state index in [1.807, 2.05) is 24.3 Å². The highest BCUT2D eigenvalue weighted by Gasteiger charge is 2.25. The molecule has 0 saturated carbocycles. The molecular weight excluding hydrogens is 444 g/mol. The molecule has 9 heteroatoms. The average Bonchev–Trinajstić information content (AvgIpc) is 2.83. The number of ketones is 1. The van der Waals surface area contributed by atoms with Crippen molar-refractivity contribution in [2.24, 2.45) is 11.7 Å². The summed E-state index contributed by atoms with van der Waals surface area (Å²) in [6.07, 6.45) is 4.60. The number of hydrogen-bond donors (Lipinski definition) is 2. The van der Waals surface area contributed by atoms with Crippen LogP contribution in [0.15, 0.2) is 42.7 Å². The van der Waals surface area contributed by atoms with E-state index in [0.717, 1.165) is 41.8 Å². The van der Waals surface area contributed by atoms with E-state index in [4.69, 9.17) is 16.2 Å². The van der Waals surface area contributed by atoms with Crippen LogP contribution in [0.1, 0.15) is 29.4 Å². The lowest BCUT2D eigenvalue weighted by atomic mass is 9.95. The fourth-order valence-electron chi connectivity index (χ4n) is 5.07. The lowest BCUT2D eigenvalue weighted by Crippen LogP contribution is -2.46. The van der Waals surface area contributed by atoms with Gasteiger partial charge in [-0.2, -0.15) is 0 Å². The Hall–Kier alpha value is -3.56. The number of anilines is 3. The van der Waals surface area contributed by atoms with E-state index in [2.05, 4.69) is 21.8 Å². The van der Waals surface area contributed by atoms with Gasteiger partial charge in [0, 0.05) is 66.8 Å². The van der Waals surface area contributed by atoms with E-state index in [1.54, 1.807) is 23.4 Å². The monoisotopic (exact) mass is 474 g/mol. The number of piperidine rings is 1. The first-order valence-corrected chi connectivity index (χ1v) is 11.9. The molecule has 1 amide bonds. The number of carbonyl (C=O) groups is 2. The number of pyridine rings is 2. The van der Waals surface area contributed by atoms with E-state index in [0.29, 0.717) is 30.3 Å². The van der Waals surface area contributed by atoms with Crippen LogP contribution in [0.3, 0.4) is 0 Å². The smallest absolute Gasteiger partial charge is 0.253 e. The average molecular weight is 475 g/mol. The number of nitrogen functional groups attached to an aromatic ring is 1. The van der Waals surface area contributed by atoms with E-state index in [-0.39, 0.29) is 36.5 Å². The third kappa shape index (κ3) is 4.82. The van der Waals surface area contributed by atoms with Crippen LogP contribution in [0.25, 0.3) is 10.9 Å². The number of benzene rings is 1. The number of ether oxygens (including phenoxy) is 1. The van der Waals surface area contributed by atoms with Gasteiger partial charge in [0.1, 0.15) is 12.3 Å². The Morgan fingerprint density at radius 1 is 1.23 bits per heavy atom. The van der Waals surface area contributed by atoms with Gasteiger partial charge in [0.25, 0.3) is 5.91 Å². The number of aromatic nitrogens is 2. The second-order valence-electron chi connectivity index (χ2n) is 9.51. The maximum atomic E-state index is 13.4. The maximum absolute atomic E-state index is 13.4. The van der Waals surface area contributed by atoms with Crippen molar-refractivity contribution >= 4 is 39.7 Å². The van der Waals surface area contributed by atoms with Gasteiger partial charge < -0.3 is 26.0 Å². The summed E-state index contributed by atoms with van der Waals surface area (Å²) in [6.45, 7) is 4.85. The van der Waals surface area contributed by atoms with Gasteiger partial charge in [-0.3, -0.25) is 14.6 Å². The van der Waals surface area contributed by atoms with Gasteiger partial charge in [-0.05, 0) is 36.6 Å². The lowest BCUT2D eigenvalue weighted by Gasteiger charge is -2.37. The molecule has 2 aromatic heterocycles. The number of nitrogens with two attached hydrogens (primary N) is 2. The number of rotatable bonds is 5. The Morgan fingerprint density at radius 3 is 2.89 bits per heavy atom. The van der Waals surface area contributed by atoms with Crippen LogP contribution in [0.2, 0.25) is 0 Å². The molecule has 2 aliphatic heterocycles. The highest BCUT2D eigenvalue weighted by molar-refractivity contribution is 6.04. The summed E-state index contributed by atoms with van der Waals surface area (Å²) in [7, 11) is 0. The molecule has 2 saturated heterocycles. The number of nitrogens with zero attached hydrogens (tertiary/aromatic N) is 4. The fraction of sp³-hybridized carbons (Fsp3) is 0.385. The fourth-order valence-corrected chi connectivity index (χ4v) is 5.07. The van der Waals surface area contributed by atoms with Crippen LogP contribution in [-0.2, 0) is 16.0 Å². The number of carbonyl (C=O) groups excluding carboxylic acids is 2. The van der Waals surface area contributed by atoms with E-state index >= 15 is 0 Å². The zero-order chi connectivity index (χ0) is 24.5. The molecule has 1 aromatic carbocycles. The minimum atomic E-state index is -0.180. The van der Waals surface area contributed by atoms with Crippen molar-refractivity contribution in [1.82, 2.24) is 9.97 Å². The summed E-state index contributed by atoms with van der Waals surface area (Å²) >= 11 is 0. The maximum Gasteiger partial charge on any atom is 0.253 e. The minimum absolute atomic E-state index is 0.0606. The second-order valence-corrected chi connectivity index (χ2v) is 9.51. The first-order chi connectivity index (χ1) is 16.9. The van der Waals surface area contributed by atoms with Gasteiger partial charge >= 0.3 is 0 Å². The molecule has 182 valence electrons. The SMILES string of the molecule is C[C@@H]1C[C@H](N)CN(c2ccncc2CC(=O)c2nc3cc(N4CCOCC4=O)ccc3cc2N)C1. The molecule has 0 spiro atoms. The standard InChI is InChI=1S/C26H30N6O3/c1-16-8-19(27)14-31(13-16)23-4-5-29-12-18(23)10-24(33)26-21(28)9-17-2-3-20(11-22(17)30-26)32-6-7-35-15-25(32)34/h2-5,9,11-12,16,19H,6-8,10,13-15,27-28H2,1H3/t16-,19+/m1/s1. The Kier molecular flexibility index (Phi) is 6.36. The van der Waals surface area contributed by atoms with Crippen molar-refractivity contribution in [3.63, 3.8) is 0 Å². The van der Waals surface area contributed by atoms with Crippen molar-refractivity contribution < 1.29 is 14.3 Å². The third-order valence-electron chi connectivity index (χ3n) is 6.65. The van der Waals surface area contributed by atoms with Crippen molar-refractivity contribution in [2.45, 2.75) is 25.8 Å². The predicted molar refractivity (Wildman–Crippen MR) is 136 cm³/mol. The molecule has 2 aliphatic rings. The van der Waals surface area contributed by atoms with Gasteiger partial charge in [-0.15, -0.1) is 0 Å². The van der Waals surface area contributed by atoms with E-state index in [9.17, 15) is 9.59 Å². The molecule has 5 rings (SSSR count). The highest BCUT2D eigenvalue weighted by Crippen LogP contribution is 2.29. The molecule has 2 atom stereocenters. The molecule has 0 aliphatic carbocycles. The quantitative estimate of drug-likeness (QED) is 0.539. The van der Waals surface area contributed by atoms with Crippen molar-refractivity contribution in [1.29, 1.82) is 0 Å². The first-order valence-electron chi connectivity index (χ1n) is 11.9. The van der Waals surface area contributed by atoms with Gasteiger partial charge in [0.05, 0.1) is 17.8 Å². The summed E-state index contributed by atoms with van der Waals surface area (Å²) in [5.74, 6) is 0.194. The predicted octanol–water partition coefficient (Wildman–Crippen LogP) is 2.17. The van der Waals surface area contributed by atoms with Crippen LogP contribution in [-0.4, -0.2) is 60.5 Å². The van der Waals surface area contributed by atoms with Crippen LogP contribution >= 0.6 is 0 Å². The highest BCUT2D eigenvalue weighted by atomic mass is 16.5. The number of morpholine rings is 1. The van der Waals surface area contributed by atoms with Crippen LogP contribution in [0.4, 0.5) is 17.1 Å². The van der Waals surface area contributed by atoms with E-state index < -0.39 is 0 Å². The largest absolute Gasteiger partial charge is 0.397 e. The molecule has 2 fully saturated rings. The number of amides is 1. The third-order valence-corrected chi connectivity index (χ3v) is 6.65. The Labute approximate surface area is 204 Å². The summed E-state index contributed by atoms with van der Waals surface area (Å²) < 4.78 is 5.23. The molecule has 0 radical (unpaired) electrons. The summed E-state index contributed by atoms with van der Waals surface area (Å²) in [5, 5.41) is 0.807.